The normalized spacial score (nSPS) is 10.8. The highest BCUT2D eigenvalue weighted by Crippen LogP contribution is 2.43. The van der Waals surface area contributed by atoms with Gasteiger partial charge in [0.1, 0.15) is 17.4 Å². The van der Waals surface area contributed by atoms with Crippen LogP contribution in [0.4, 0.5) is 0 Å². The Morgan fingerprint density at radius 3 is 2.57 bits per heavy atom. The molecule has 0 atom stereocenters. The Balaban J connectivity index is 1.87. The van der Waals surface area contributed by atoms with Gasteiger partial charge in [0.05, 0.1) is 12.5 Å². The highest BCUT2D eigenvalue weighted by molar-refractivity contribution is 7.19. The number of hydrogen-bond donors (Lipinski definition) is 0. The maximum atomic E-state index is 11.0. The van der Waals surface area contributed by atoms with Crippen molar-refractivity contribution in [3.63, 3.8) is 0 Å². The van der Waals surface area contributed by atoms with Crippen molar-refractivity contribution in [3.05, 3.63) is 64.3 Å². The van der Waals surface area contributed by atoms with E-state index in [9.17, 15) is 4.79 Å². The number of benzene rings is 2. The van der Waals surface area contributed by atoms with E-state index in [0.29, 0.717) is 28.0 Å². The first-order valence-electron chi connectivity index (χ1n) is 8.42. The molecule has 0 bridgehead atoms. The minimum atomic E-state index is 0.427. The zero-order valence-electron chi connectivity index (χ0n) is 15.1. The van der Waals surface area contributed by atoms with Crippen LogP contribution in [0.25, 0.3) is 21.3 Å². The first kappa shape index (κ1) is 18.4. The van der Waals surface area contributed by atoms with Gasteiger partial charge in [-0.25, -0.2) is 9.97 Å². The van der Waals surface area contributed by atoms with Gasteiger partial charge in [0.2, 0.25) is 5.88 Å². The highest BCUT2D eigenvalue weighted by Gasteiger charge is 2.19. The third-order valence-electron chi connectivity index (χ3n) is 4.29. The molecule has 140 valence electrons. The average molecular weight is 411 g/mol. The van der Waals surface area contributed by atoms with Crippen molar-refractivity contribution in [1.82, 2.24) is 9.97 Å². The minimum Gasteiger partial charge on any atom is -0.493 e. The van der Waals surface area contributed by atoms with E-state index in [2.05, 4.69) is 9.97 Å². The number of rotatable bonds is 5. The lowest BCUT2D eigenvalue weighted by Gasteiger charge is -2.11. The van der Waals surface area contributed by atoms with Crippen molar-refractivity contribution < 1.29 is 14.3 Å². The molecule has 0 radical (unpaired) electrons. The predicted molar refractivity (Wildman–Crippen MR) is 111 cm³/mol. The average Bonchev–Trinajstić information content (AvgIpc) is 3.05. The zero-order valence-corrected chi connectivity index (χ0v) is 16.7. The molecule has 0 N–H and O–H groups in total. The van der Waals surface area contributed by atoms with Gasteiger partial charge in [0, 0.05) is 21.0 Å². The summed E-state index contributed by atoms with van der Waals surface area (Å²) in [5, 5.41) is 1.50. The molecule has 2 aromatic carbocycles. The van der Waals surface area contributed by atoms with E-state index in [0.717, 1.165) is 32.5 Å². The quantitative estimate of drug-likeness (QED) is 0.381. The summed E-state index contributed by atoms with van der Waals surface area (Å²) in [4.78, 5) is 21.7. The number of methoxy groups -OCH3 is 1. The van der Waals surface area contributed by atoms with Crippen molar-refractivity contribution >= 4 is 39.4 Å². The van der Waals surface area contributed by atoms with Crippen LogP contribution in [0.3, 0.4) is 0 Å². The van der Waals surface area contributed by atoms with Crippen LogP contribution in [0, 0.1) is 6.92 Å². The van der Waals surface area contributed by atoms with Crippen LogP contribution in [0.15, 0.2) is 48.8 Å². The lowest BCUT2D eigenvalue weighted by molar-refractivity contribution is 0.112. The van der Waals surface area contributed by atoms with Crippen molar-refractivity contribution in [2.45, 2.75) is 6.92 Å². The third kappa shape index (κ3) is 3.32. The van der Waals surface area contributed by atoms with Gasteiger partial charge in [0.25, 0.3) is 0 Å². The van der Waals surface area contributed by atoms with E-state index in [1.54, 1.807) is 29.5 Å². The standard InChI is InChI=1S/C21H15ClN2O3S/c1-12-18(14-4-6-15(22)7-5-14)19-20(23-11-24-21(19)28-12)27-16-8-3-13(10-25)9-17(16)26-2/h3-11H,1-2H3. The predicted octanol–water partition coefficient (Wildman–Crippen LogP) is 5.93. The lowest BCUT2D eigenvalue weighted by Crippen LogP contribution is -1.95. The molecule has 0 unspecified atom stereocenters. The fraction of sp³-hybridized carbons (Fsp3) is 0.0952. The molecule has 0 saturated carbocycles. The summed E-state index contributed by atoms with van der Waals surface area (Å²) < 4.78 is 11.5. The number of aryl methyl sites for hydroxylation is 1. The molecule has 4 aromatic rings. The Labute approximate surface area is 170 Å². The summed E-state index contributed by atoms with van der Waals surface area (Å²) in [5.74, 6) is 1.35. The second kappa shape index (κ2) is 7.58. The second-order valence-electron chi connectivity index (χ2n) is 6.03. The number of aldehydes is 1. The monoisotopic (exact) mass is 410 g/mol. The number of fused-ring (bicyclic) bond motifs is 1. The van der Waals surface area contributed by atoms with Gasteiger partial charge in [0.15, 0.2) is 11.5 Å². The van der Waals surface area contributed by atoms with Gasteiger partial charge < -0.3 is 9.47 Å². The molecule has 5 nitrogen and oxygen atoms in total. The first-order chi connectivity index (χ1) is 13.6. The number of aromatic nitrogens is 2. The van der Waals surface area contributed by atoms with Crippen LogP contribution >= 0.6 is 22.9 Å². The third-order valence-corrected chi connectivity index (χ3v) is 5.56. The van der Waals surface area contributed by atoms with Crippen LogP contribution in [-0.2, 0) is 0 Å². The van der Waals surface area contributed by atoms with E-state index in [1.807, 2.05) is 31.2 Å². The van der Waals surface area contributed by atoms with E-state index in [-0.39, 0.29) is 0 Å². The molecule has 0 fully saturated rings. The van der Waals surface area contributed by atoms with Gasteiger partial charge in [-0.15, -0.1) is 11.3 Å². The molecule has 7 heteroatoms. The number of carbonyl (C=O) groups excluding carboxylic acids is 1. The van der Waals surface area contributed by atoms with Crippen LogP contribution in [-0.4, -0.2) is 23.4 Å². The van der Waals surface area contributed by atoms with Crippen LogP contribution in [0.1, 0.15) is 15.2 Å². The molecular weight excluding hydrogens is 396 g/mol. The molecule has 0 saturated heterocycles. The summed E-state index contributed by atoms with van der Waals surface area (Å²) in [6.07, 6.45) is 2.24. The molecule has 0 spiro atoms. The van der Waals surface area contributed by atoms with Crippen molar-refractivity contribution in [3.8, 4) is 28.5 Å². The fourth-order valence-corrected chi connectivity index (χ4v) is 4.13. The Morgan fingerprint density at radius 1 is 1.07 bits per heavy atom. The number of halogens is 1. The van der Waals surface area contributed by atoms with Crippen LogP contribution < -0.4 is 9.47 Å². The Hall–Kier alpha value is -2.96. The van der Waals surface area contributed by atoms with Crippen LogP contribution in [0.5, 0.6) is 17.4 Å². The van der Waals surface area contributed by atoms with Crippen molar-refractivity contribution in [2.75, 3.05) is 7.11 Å². The number of hydrogen-bond acceptors (Lipinski definition) is 6. The summed E-state index contributed by atoms with van der Waals surface area (Å²) >= 11 is 7.62. The van der Waals surface area contributed by atoms with Gasteiger partial charge in [-0.3, -0.25) is 4.79 Å². The maximum absolute atomic E-state index is 11.0. The number of thiophene rings is 1. The van der Waals surface area contributed by atoms with Gasteiger partial charge in [-0.2, -0.15) is 0 Å². The topological polar surface area (TPSA) is 61.3 Å². The van der Waals surface area contributed by atoms with Crippen molar-refractivity contribution in [1.29, 1.82) is 0 Å². The molecule has 2 heterocycles. The number of ether oxygens (including phenoxy) is 2. The number of carbonyl (C=O) groups is 1. The lowest BCUT2D eigenvalue weighted by atomic mass is 10.0. The summed E-state index contributed by atoms with van der Waals surface area (Å²) in [5.41, 5.74) is 2.53. The van der Waals surface area contributed by atoms with Crippen molar-refractivity contribution in [2.24, 2.45) is 0 Å². The molecule has 0 amide bonds. The van der Waals surface area contributed by atoms with E-state index in [4.69, 9.17) is 21.1 Å². The maximum Gasteiger partial charge on any atom is 0.231 e. The van der Waals surface area contributed by atoms with Crippen LogP contribution in [0.2, 0.25) is 5.02 Å². The van der Waals surface area contributed by atoms with E-state index >= 15 is 0 Å². The largest absolute Gasteiger partial charge is 0.493 e. The Kier molecular flexibility index (Phi) is 4.98. The SMILES string of the molecule is COc1cc(C=O)ccc1Oc1ncnc2sc(C)c(-c3ccc(Cl)cc3)c12. The minimum absolute atomic E-state index is 0.427. The molecule has 0 aliphatic carbocycles. The molecular formula is C21H15ClN2O3S. The molecule has 0 aliphatic rings. The summed E-state index contributed by atoms with van der Waals surface area (Å²) in [6, 6.07) is 12.6. The highest BCUT2D eigenvalue weighted by atomic mass is 35.5. The molecule has 4 rings (SSSR count). The Bertz CT molecular complexity index is 1170. The molecule has 0 aliphatic heterocycles. The van der Waals surface area contributed by atoms with E-state index in [1.165, 1.54) is 13.4 Å². The second-order valence-corrected chi connectivity index (χ2v) is 7.67. The van der Waals surface area contributed by atoms with Gasteiger partial charge in [-0.1, -0.05) is 23.7 Å². The molecule has 2 aromatic heterocycles. The smallest absolute Gasteiger partial charge is 0.231 e. The summed E-state index contributed by atoms with van der Waals surface area (Å²) in [6.45, 7) is 2.04. The first-order valence-corrected chi connectivity index (χ1v) is 9.61. The Morgan fingerprint density at radius 2 is 1.86 bits per heavy atom. The fourth-order valence-electron chi connectivity index (χ4n) is 3.01. The van der Waals surface area contributed by atoms with Gasteiger partial charge in [-0.05, 0) is 42.8 Å². The van der Waals surface area contributed by atoms with E-state index < -0.39 is 0 Å². The summed E-state index contributed by atoms with van der Waals surface area (Å²) in [7, 11) is 1.53. The zero-order chi connectivity index (χ0) is 19.7. The number of nitrogens with zero attached hydrogens (tertiary/aromatic N) is 2. The molecule has 28 heavy (non-hydrogen) atoms. The van der Waals surface area contributed by atoms with Gasteiger partial charge >= 0.3 is 0 Å².